The summed E-state index contributed by atoms with van der Waals surface area (Å²) in [6, 6.07) is 0. The van der Waals surface area contributed by atoms with Crippen molar-refractivity contribution in [2.75, 3.05) is 39.3 Å². The number of carbonyl (C=O) groups excluding carboxylic acids is 2. The number of carboxylic acid groups (broad SMARTS) is 2. The van der Waals surface area contributed by atoms with Gasteiger partial charge in [-0.25, -0.2) is 0 Å². The van der Waals surface area contributed by atoms with Gasteiger partial charge in [0.1, 0.15) is 12.2 Å². The van der Waals surface area contributed by atoms with Crippen LogP contribution in [0.2, 0.25) is 0 Å². The normalized spacial score (nSPS) is 38.2. The molecule has 8 rings (SSSR count). The van der Waals surface area contributed by atoms with Gasteiger partial charge in [-0.3, -0.25) is 29.0 Å². The third-order valence-corrected chi connectivity index (χ3v) is 23.3. The van der Waals surface area contributed by atoms with E-state index in [1.807, 2.05) is 0 Å². The van der Waals surface area contributed by atoms with Gasteiger partial charge >= 0.3 is 23.9 Å². The first-order valence-electron chi connectivity index (χ1n) is 30.7. The molecule has 0 unspecified atom stereocenters. The van der Waals surface area contributed by atoms with E-state index in [1.54, 1.807) is 0 Å². The molecule has 0 bridgehead atoms. The lowest BCUT2D eigenvalue weighted by atomic mass is 9.47. The van der Waals surface area contributed by atoms with E-state index in [9.17, 15) is 29.4 Å². The fourth-order valence-electron chi connectivity index (χ4n) is 19.4. The second-order valence-electron chi connectivity index (χ2n) is 28.5. The molecule has 0 aromatic heterocycles. The number of aliphatic carboxylic acids is 2. The Morgan fingerprint density at radius 1 is 0.527 bits per heavy atom. The first kappa shape index (κ1) is 57.5. The van der Waals surface area contributed by atoms with Crippen LogP contribution in [0.15, 0.2) is 23.3 Å². The zero-order valence-corrected chi connectivity index (χ0v) is 48.3. The predicted octanol–water partition coefficient (Wildman–Crippen LogP) is 13.7. The van der Waals surface area contributed by atoms with Gasteiger partial charge in [0.05, 0.1) is 26.2 Å². The average Bonchev–Trinajstić information content (AvgIpc) is 3.87. The standard InChI is InChI=1S/C64H104N2O8/c1-41(2)13-11-15-43(5)51-21-23-53-49-19-17-45-35-47(25-29-61(45,7)55(49)27-31-63(51,53)9)73-59(71)39-65(37-57(67)68)33-34-66(38-58(69)70)40-60(72)74-48-26-30-62(8)46(36-48)18-20-50-54-24-22-52(44(6)16-12-14-42(3)4)64(54,10)32-28-56(50)62/h17-18,41-44,47-56H,11-16,19-40H2,1-10H3,(H,67,68)(H,69,70)/t43-,44-,47+,48+,49+,50+,51-,52-,53+,54+,55+,56+,61+,62+,63-,64-/m1/s1. The largest absolute Gasteiger partial charge is 0.480 e. The van der Waals surface area contributed by atoms with Gasteiger partial charge in [0.25, 0.3) is 0 Å². The van der Waals surface area contributed by atoms with Crippen LogP contribution in [0, 0.1) is 92.7 Å². The number of fused-ring (bicyclic) bond motifs is 10. The summed E-state index contributed by atoms with van der Waals surface area (Å²) in [5.41, 5.74) is 3.99. The smallest absolute Gasteiger partial charge is 0.320 e. The first-order valence-corrected chi connectivity index (χ1v) is 30.7. The van der Waals surface area contributed by atoms with Crippen molar-refractivity contribution in [3.8, 4) is 0 Å². The molecule has 0 aliphatic heterocycles. The van der Waals surface area contributed by atoms with E-state index in [1.165, 1.54) is 111 Å². The summed E-state index contributed by atoms with van der Waals surface area (Å²) in [6.45, 7) is 23.7. The van der Waals surface area contributed by atoms with Crippen LogP contribution >= 0.6 is 0 Å². The van der Waals surface area contributed by atoms with Crippen molar-refractivity contribution in [1.82, 2.24) is 9.80 Å². The maximum absolute atomic E-state index is 13.6. The highest BCUT2D eigenvalue weighted by molar-refractivity contribution is 5.75. The molecule has 0 aromatic rings. The minimum absolute atomic E-state index is 0.0889. The summed E-state index contributed by atoms with van der Waals surface area (Å²) >= 11 is 0. The minimum Gasteiger partial charge on any atom is -0.480 e. The highest BCUT2D eigenvalue weighted by Crippen LogP contribution is 2.69. The molecule has 8 aliphatic carbocycles. The van der Waals surface area contributed by atoms with E-state index in [2.05, 4.69) is 81.4 Å². The number of rotatable bonds is 23. The Hall–Kier alpha value is -2.72. The highest BCUT2D eigenvalue weighted by atomic mass is 16.5. The number of esters is 2. The molecular formula is C64H104N2O8. The van der Waals surface area contributed by atoms with Crippen LogP contribution in [0.4, 0.5) is 0 Å². The summed E-state index contributed by atoms with van der Waals surface area (Å²) in [5, 5.41) is 19.7. The van der Waals surface area contributed by atoms with Gasteiger partial charge in [-0.05, 0) is 183 Å². The SMILES string of the molecule is CC(C)CCC[C@@H](C)[C@H]1CC[C@H]2[C@@H]3CC=C4C[C@@H](OC(=O)CN(CCN(CC(=O)O)CC(=O)O[C@H]5CC[C@@]6(C)C(=CC[C@H]7[C@@H]8CC[C@H]([C@H](C)CCCC(C)C)[C@@]8(C)CC[C@@H]76)C5)CC(=O)O)CC[C@]4(C)[C@H]3CC[C@]12C. The Kier molecular flexibility index (Phi) is 18.4. The van der Waals surface area contributed by atoms with Crippen LogP contribution < -0.4 is 0 Å². The number of carbonyl (C=O) groups is 4. The molecule has 6 saturated carbocycles. The Labute approximate surface area is 448 Å². The van der Waals surface area contributed by atoms with Gasteiger partial charge < -0.3 is 19.7 Å². The van der Waals surface area contributed by atoms with Crippen LogP contribution in [-0.4, -0.2) is 95.4 Å². The van der Waals surface area contributed by atoms with E-state index in [0.717, 1.165) is 111 Å². The molecule has 0 spiro atoms. The minimum atomic E-state index is -1.08. The molecule has 0 aromatic carbocycles. The molecule has 0 radical (unpaired) electrons. The summed E-state index contributed by atoms with van der Waals surface area (Å²) in [5.74, 6) is 6.02. The van der Waals surface area contributed by atoms with Crippen molar-refractivity contribution >= 4 is 23.9 Å². The third kappa shape index (κ3) is 12.3. The number of allylic oxidation sites excluding steroid dienone is 2. The van der Waals surface area contributed by atoms with E-state index in [-0.39, 0.29) is 49.2 Å². The topological polar surface area (TPSA) is 134 Å². The summed E-state index contributed by atoms with van der Waals surface area (Å²) in [4.78, 5) is 54.4. The molecule has 0 heterocycles. The highest BCUT2D eigenvalue weighted by Gasteiger charge is 2.61. The number of ether oxygens (including phenoxy) is 2. The van der Waals surface area contributed by atoms with Crippen molar-refractivity contribution in [3.05, 3.63) is 23.3 Å². The van der Waals surface area contributed by atoms with Crippen molar-refractivity contribution in [2.24, 2.45) is 92.7 Å². The summed E-state index contributed by atoms with van der Waals surface area (Å²) in [7, 11) is 0. The van der Waals surface area contributed by atoms with Gasteiger partial charge in [-0.1, -0.05) is 131 Å². The van der Waals surface area contributed by atoms with E-state index < -0.39 is 37.0 Å². The first-order chi connectivity index (χ1) is 35.0. The molecule has 8 aliphatic rings. The Morgan fingerprint density at radius 3 is 1.28 bits per heavy atom. The molecule has 0 saturated heterocycles. The summed E-state index contributed by atoms with van der Waals surface area (Å²) < 4.78 is 12.3. The van der Waals surface area contributed by atoms with Crippen LogP contribution in [0.1, 0.15) is 210 Å². The molecule has 74 heavy (non-hydrogen) atoms. The van der Waals surface area contributed by atoms with Crippen LogP contribution in [0.5, 0.6) is 0 Å². The lowest BCUT2D eigenvalue weighted by molar-refractivity contribution is -0.156. The second kappa shape index (κ2) is 23.7. The maximum Gasteiger partial charge on any atom is 0.320 e. The van der Waals surface area contributed by atoms with Gasteiger partial charge in [-0.15, -0.1) is 0 Å². The van der Waals surface area contributed by atoms with Gasteiger partial charge in [0, 0.05) is 25.9 Å². The molecule has 2 N–H and O–H groups in total. The van der Waals surface area contributed by atoms with Gasteiger partial charge in [-0.2, -0.15) is 0 Å². The van der Waals surface area contributed by atoms with Gasteiger partial charge in [0.2, 0.25) is 0 Å². The van der Waals surface area contributed by atoms with Crippen LogP contribution in [0.3, 0.4) is 0 Å². The maximum atomic E-state index is 13.6. The molecular weight excluding hydrogens is 925 g/mol. The van der Waals surface area contributed by atoms with Crippen molar-refractivity contribution in [1.29, 1.82) is 0 Å². The molecule has 0 amide bonds. The van der Waals surface area contributed by atoms with E-state index in [0.29, 0.717) is 22.7 Å². The Bertz CT molecular complexity index is 1910. The zero-order chi connectivity index (χ0) is 53.3. The Morgan fingerprint density at radius 2 is 0.919 bits per heavy atom. The second-order valence-corrected chi connectivity index (χ2v) is 28.5. The van der Waals surface area contributed by atoms with Gasteiger partial charge in [0.15, 0.2) is 0 Å². The fourth-order valence-corrected chi connectivity index (χ4v) is 19.4. The number of hydrogen-bond donors (Lipinski definition) is 2. The van der Waals surface area contributed by atoms with Crippen LogP contribution in [-0.2, 0) is 28.7 Å². The quantitative estimate of drug-likeness (QED) is 0.0753. The van der Waals surface area contributed by atoms with E-state index >= 15 is 0 Å². The summed E-state index contributed by atoms with van der Waals surface area (Å²) in [6.07, 6.45) is 30.5. The zero-order valence-electron chi connectivity index (χ0n) is 48.3. The molecule has 418 valence electrons. The molecule has 6 fully saturated rings. The molecule has 10 nitrogen and oxygen atoms in total. The average molecular weight is 1030 g/mol. The van der Waals surface area contributed by atoms with Crippen molar-refractivity contribution in [3.63, 3.8) is 0 Å². The number of nitrogens with zero attached hydrogens (tertiary/aromatic N) is 2. The third-order valence-electron chi connectivity index (χ3n) is 23.3. The monoisotopic (exact) mass is 1030 g/mol. The molecule has 10 heteroatoms. The van der Waals surface area contributed by atoms with Crippen molar-refractivity contribution < 1.29 is 38.9 Å². The van der Waals surface area contributed by atoms with Crippen LogP contribution in [0.25, 0.3) is 0 Å². The number of hydrogen-bond acceptors (Lipinski definition) is 8. The van der Waals surface area contributed by atoms with E-state index in [4.69, 9.17) is 9.47 Å². The fraction of sp³-hybridized carbons (Fsp3) is 0.875. The van der Waals surface area contributed by atoms with Crippen molar-refractivity contribution in [2.45, 2.75) is 223 Å². The Balaban J connectivity index is 0.809. The predicted molar refractivity (Wildman–Crippen MR) is 294 cm³/mol. The molecule has 16 atom stereocenters. The number of carboxylic acids is 2. The lowest BCUT2D eigenvalue weighted by Crippen LogP contribution is -2.51. The lowest BCUT2D eigenvalue weighted by Gasteiger charge is -2.58.